The summed E-state index contributed by atoms with van der Waals surface area (Å²) in [6, 6.07) is 20.5. The van der Waals surface area contributed by atoms with Gasteiger partial charge in [-0.25, -0.2) is 4.79 Å². The molecule has 0 aliphatic carbocycles. The van der Waals surface area contributed by atoms with E-state index in [1.165, 1.54) is 0 Å². The van der Waals surface area contributed by atoms with E-state index in [0.717, 1.165) is 26.9 Å². The molecule has 3 aromatic rings. The summed E-state index contributed by atoms with van der Waals surface area (Å²) in [5, 5.41) is 4.82. The van der Waals surface area contributed by atoms with E-state index in [-0.39, 0.29) is 12.5 Å². The lowest BCUT2D eigenvalue weighted by Gasteiger charge is -2.26. The van der Waals surface area contributed by atoms with Crippen LogP contribution in [0.25, 0.3) is 10.8 Å². The lowest BCUT2D eigenvalue weighted by atomic mass is 9.90. The number of carbonyl (C=O) groups is 3. The second-order valence-corrected chi connectivity index (χ2v) is 7.93. The van der Waals surface area contributed by atoms with Crippen LogP contribution in [-0.2, 0) is 15.1 Å². The molecule has 6 heteroatoms. The Labute approximate surface area is 181 Å². The lowest BCUT2D eigenvalue weighted by molar-refractivity contribution is -0.134. The molecule has 0 bridgehead atoms. The minimum absolute atomic E-state index is 0.303. The van der Waals surface area contributed by atoms with Crippen LogP contribution in [0.2, 0.25) is 0 Å². The smallest absolute Gasteiger partial charge is 0.319 e. The second kappa shape index (κ2) is 7.87. The number of urea groups is 1. The van der Waals surface area contributed by atoms with Crippen molar-refractivity contribution in [1.29, 1.82) is 0 Å². The molecule has 0 aromatic heterocycles. The number of likely N-dealkylation sites (N-methyl/N-ethyl adjacent to an activating group) is 1. The topological polar surface area (TPSA) is 69.7 Å². The number of benzene rings is 3. The fourth-order valence-corrected chi connectivity index (χ4v) is 4.10. The van der Waals surface area contributed by atoms with Crippen molar-refractivity contribution >= 4 is 34.3 Å². The number of anilines is 1. The zero-order valence-corrected chi connectivity index (χ0v) is 17.9. The molecule has 6 nitrogen and oxygen atoms in total. The van der Waals surface area contributed by atoms with Gasteiger partial charge in [-0.05, 0) is 54.8 Å². The molecule has 0 spiro atoms. The molecular formula is C25H25N3O3. The molecule has 3 aromatic carbocycles. The Morgan fingerprint density at radius 1 is 1.00 bits per heavy atom. The Morgan fingerprint density at radius 3 is 2.39 bits per heavy atom. The molecule has 1 atom stereocenters. The minimum atomic E-state index is -1.22. The van der Waals surface area contributed by atoms with Crippen molar-refractivity contribution in [2.24, 2.45) is 0 Å². The molecule has 1 saturated heterocycles. The Kier molecular flexibility index (Phi) is 5.23. The predicted molar refractivity (Wildman–Crippen MR) is 121 cm³/mol. The van der Waals surface area contributed by atoms with E-state index in [1.54, 1.807) is 11.8 Å². The van der Waals surface area contributed by atoms with Gasteiger partial charge in [-0.15, -0.1) is 0 Å². The van der Waals surface area contributed by atoms with E-state index in [4.69, 9.17) is 0 Å². The number of imide groups is 1. The van der Waals surface area contributed by atoms with Gasteiger partial charge in [0.2, 0.25) is 5.91 Å². The fourth-order valence-electron chi connectivity index (χ4n) is 4.10. The number of amides is 4. The zero-order chi connectivity index (χ0) is 22.2. The van der Waals surface area contributed by atoms with Gasteiger partial charge in [0.15, 0.2) is 0 Å². The van der Waals surface area contributed by atoms with Crippen LogP contribution < -0.4 is 10.2 Å². The Morgan fingerprint density at radius 2 is 1.68 bits per heavy atom. The molecule has 158 valence electrons. The van der Waals surface area contributed by atoms with Crippen LogP contribution >= 0.6 is 0 Å². The van der Waals surface area contributed by atoms with Crippen molar-refractivity contribution in [3.05, 3.63) is 77.9 Å². The molecule has 1 aliphatic heterocycles. The normalized spacial score (nSPS) is 18.4. The van der Waals surface area contributed by atoms with Gasteiger partial charge in [-0.3, -0.25) is 14.5 Å². The highest BCUT2D eigenvalue weighted by Gasteiger charge is 2.49. The van der Waals surface area contributed by atoms with Crippen LogP contribution in [0.15, 0.2) is 66.7 Å². The van der Waals surface area contributed by atoms with Gasteiger partial charge in [0.1, 0.15) is 12.1 Å². The highest BCUT2D eigenvalue weighted by atomic mass is 16.2. The average Bonchev–Trinajstić information content (AvgIpc) is 2.99. The van der Waals surface area contributed by atoms with Crippen LogP contribution in [0.1, 0.15) is 25.0 Å². The fraction of sp³-hybridized carbons (Fsp3) is 0.240. The number of rotatable bonds is 5. The quantitative estimate of drug-likeness (QED) is 0.641. The molecule has 1 aliphatic rings. The molecule has 4 rings (SSSR count). The maximum absolute atomic E-state index is 13.3. The maximum atomic E-state index is 13.3. The highest BCUT2D eigenvalue weighted by molar-refractivity contribution is 6.11. The summed E-state index contributed by atoms with van der Waals surface area (Å²) in [7, 11) is 0. The molecule has 1 heterocycles. The molecule has 1 fully saturated rings. The van der Waals surface area contributed by atoms with Gasteiger partial charge in [-0.2, -0.15) is 0 Å². The summed E-state index contributed by atoms with van der Waals surface area (Å²) >= 11 is 0. The Balaban J connectivity index is 1.60. The van der Waals surface area contributed by atoms with Gasteiger partial charge < -0.3 is 10.2 Å². The SMILES string of the molecule is CCN(C(=O)CN1C(=O)NC(C)(c2ccc3ccccc3c2)C1=O)c1ccccc1C. The summed E-state index contributed by atoms with van der Waals surface area (Å²) in [4.78, 5) is 41.7. The first-order chi connectivity index (χ1) is 14.8. The van der Waals surface area contributed by atoms with E-state index >= 15 is 0 Å². The van der Waals surface area contributed by atoms with Gasteiger partial charge in [0.25, 0.3) is 5.91 Å². The van der Waals surface area contributed by atoms with Crippen LogP contribution in [-0.4, -0.2) is 35.8 Å². The van der Waals surface area contributed by atoms with Gasteiger partial charge in [-0.1, -0.05) is 54.6 Å². The standard InChI is InChI=1S/C25H25N3O3/c1-4-27(21-12-8-5-9-17(21)2)22(29)16-28-23(30)25(3,26-24(28)31)20-14-13-18-10-6-7-11-19(18)15-20/h5-15H,4,16H2,1-3H3,(H,26,31). The first kappa shape index (κ1) is 20.6. The van der Waals surface area contributed by atoms with Crippen molar-refractivity contribution in [3.8, 4) is 0 Å². The Bertz CT molecular complexity index is 1190. The van der Waals surface area contributed by atoms with E-state index in [1.807, 2.05) is 80.6 Å². The number of carbonyl (C=O) groups excluding carboxylic acids is 3. The molecule has 1 unspecified atom stereocenters. The summed E-state index contributed by atoms with van der Waals surface area (Å²) < 4.78 is 0. The highest BCUT2D eigenvalue weighted by Crippen LogP contribution is 2.31. The van der Waals surface area contributed by atoms with Crippen molar-refractivity contribution in [2.45, 2.75) is 26.3 Å². The predicted octanol–water partition coefficient (Wildman–Crippen LogP) is 3.97. The number of hydrogen-bond acceptors (Lipinski definition) is 3. The van der Waals surface area contributed by atoms with E-state index in [2.05, 4.69) is 5.32 Å². The number of aryl methyl sites for hydroxylation is 1. The largest absolute Gasteiger partial charge is 0.325 e. The summed E-state index contributed by atoms with van der Waals surface area (Å²) in [5.74, 6) is -0.731. The molecule has 4 amide bonds. The number of nitrogens with zero attached hydrogens (tertiary/aromatic N) is 2. The van der Waals surface area contributed by atoms with Crippen molar-refractivity contribution < 1.29 is 14.4 Å². The van der Waals surface area contributed by atoms with E-state index < -0.39 is 17.5 Å². The molecule has 0 saturated carbocycles. The molecular weight excluding hydrogens is 390 g/mol. The number of nitrogens with one attached hydrogen (secondary N) is 1. The maximum Gasteiger partial charge on any atom is 0.325 e. The zero-order valence-electron chi connectivity index (χ0n) is 17.9. The van der Waals surface area contributed by atoms with E-state index in [0.29, 0.717) is 12.1 Å². The van der Waals surface area contributed by atoms with Crippen molar-refractivity contribution in [1.82, 2.24) is 10.2 Å². The summed E-state index contributed by atoms with van der Waals surface area (Å²) in [5.41, 5.74) is 1.20. The second-order valence-electron chi connectivity index (χ2n) is 7.93. The van der Waals surface area contributed by atoms with E-state index in [9.17, 15) is 14.4 Å². The molecule has 1 N–H and O–H groups in total. The van der Waals surface area contributed by atoms with Gasteiger partial charge >= 0.3 is 6.03 Å². The lowest BCUT2D eigenvalue weighted by Crippen LogP contribution is -2.44. The minimum Gasteiger partial charge on any atom is -0.319 e. The van der Waals surface area contributed by atoms with Crippen LogP contribution in [0.4, 0.5) is 10.5 Å². The van der Waals surface area contributed by atoms with Crippen LogP contribution in [0, 0.1) is 6.92 Å². The van der Waals surface area contributed by atoms with Gasteiger partial charge in [0.05, 0.1) is 0 Å². The third-order valence-corrected chi connectivity index (χ3v) is 5.92. The number of para-hydroxylation sites is 1. The third kappa shape index (κ3) is 3.54. The molecule has 31 heavy (non-hydrogen) atoms. The average molecular weight is 415 g/mol. The monoisotopic (exact) mass is 415 g/mol. The summed E-state index contributed by atoms with van der Waals surface area (Å²) in [6.07, 6.45) is 0. The van der Waals surface area contributed by atoms with Gasteiger partial charge in [0, 0.05) is 12.2 Å². The third-order valence-electron chi connectivity index (χ3n) is 5.92. The molecule has 0 radical (unpaired) electrons. The first-order valence-electron chi connectivity index (χ1n) is 10.3. The summed E-state index contributed by atoms with van der Waals surface area (Å²) in [6.45, 7) is 5.61. The van der Waals surface area contributed by atoms with Crippen molar-refractivity contribution in [3.63, 3.8) is 0 Å². The van der Waals surface area contributed by atoms with Crippen LogP contribution in [0.5, 0.6) is 0 Å². The number of fused-ring (bicyclic) bond motifs is 1. The Hall–Kier alpha value is -3.67. The number of hydrogen-bond donors (Lipinski definition) is 1. The van der Waals surface area contributed by atoms with Crippen molar-refractivity contribution in [2.75, 3.05) is 18.0 Å². The first-order valence-corrected chi connectivity index (χ1v) is 10.3. The van der Waals surface area contributed by atoms with Crippen LogP contribution in [0.3, 0.4) is 0 Å².